The van der Waals surface area contributed by atoms with E-state index in [2.05, 4.69) is 0 Å². The average Bonchev–Trinajstić information content (AvgIpc) is 3.23. The summed E-state index contributed by atoms with van der Waals surface area (Å²) in [6, 6.07) is 3.58. The minimum atomic E-state index is -0.0337. The Balaban J connectivity index is 1.88. The van der Waals surface area contributed by atoms with E-state index in [1.807, 2.05) is 4.90 Å². The van der Waals surface area contributed by atoms with Crippen LogP contribution in [0.5, 0.6) is 0 Å². The molecule has 0 radical (unpaired) electrons. The summed E-state index contributed by atoms with van der Waals surface area (Å²) < 4.78 is 0. The first-order valence-corrected chi connectivity index (χ1v) is 7.37. The van der Waals surface area contributed by atoms with Gasteiger partial charge < -0.3 is 10.6 Å². The maximum Gasteiger partial charge on any atom is 0.255 e. The Morgan fingerprint density at radius 3 is 2.53 bits per heavy atom. The van der Waals surface area contributed by atoms with Crippen molar-refractivity contribution in [3.8, 4) is 0 Å². The fraction of sp³-hybridized carbons (Fsp3) is 0.500. The van der Waals surface area contributed by atoms with Gasteiger partial charge in [0.2, 0.25) is 0 Å². The number of nitrogen functional groups attached to an aromatic ring is 1. The first-order valence-electron chi connectivity index (χ1n) is 6.61. The second kappa shape index (κ2) is 4.88. The largest absolute Gasteiger partial charge is 0.399 e. The van der Waals surface area contributed by atoms with Gasteiger partial charge in [0.1, 0.15) is 0 Å². The van der Waals surface area contributed by atoms with Crippen LogP contribution >= 0.6 is 23.2 Å². The third-order valence-electron chi connectivity index (χ3n) is 3.68. The van der Waals surface area contributed by atoms with Crippen molar-refractivity contribution in [1.82, 2.24) is 4.90 Å². The summed E-state index contributed by atoms with van der Waals surface area (Å²) in [5.41, 5.74) is 6.66. The summed E-state index contributed by atoms with van der Waals surface area (Å²) in [4.78, 5) is 14.6. The van der Waals surface area contributed by atoms with Crippen LogP contribution in [0.4, 0.5) is 5.69 Å². The number of halogens is 2. The Morgan fingerprint density at radius 1 is 1.26 bits per heavy atom. The van der Waals surface area contributed by atoms with Gasteiger partial charge in [-0.3, -0.25) is 4.79 Å². The summed E-state index contributed by atoms with van der Waals surface area (Å²) in [5.74, 6) is 0.633. The van der Waals surface area contributed by atoms with E-state index in [0.29, 0.717) is 33.3 Å². The lowest BCUT2D eigenvalue weighted by molar-refractivity contribution is 0.0735. The average molecular weight is 299 g/mol. The molecule has 0 saturated heterocycles. The second-order valence-corrected chi connectivity index (χ2v) is 6.28. The van der Waals surface area contributed by atoms with Crippen LogP contribution in [0, 0.1) is 5.92 Å². The van der Waals surface area contributed by atoms with Gasteiger partial charge in [-0.1, -0.05) is 23.2 Å². The predicted molar refractivity (Wildman–Crippen MR) is 77.7 cm³/mol. The normalized spacial score (nSPS) is 18.4. The molecule has 102 valence electrons. The molecule has 19 heavy (non-hydrogen) atoms. The molecular formula is C14H16Cl2N2O. The predicted octanol–water partition coefficient (Wildman–Crippen LogP) is 3.59. The van der Waals surface area contributed by atoms with E-state index >= 15 is 0 Å². The third-order valence-corrected chi connectivity index (χ3v) is 4.48. The highest BCUT2D eigenvalue weighted by atomic mass is 35.5. The number of nitrogens with two attached hydrogens (primary N) is 1. The van der Waals surface area contributed by atoms with E-state index < -0.39 is 0 Å². The number of carbonyl (C=O) groups is 1. The number of anilines is 1. The molecule has 3 rings (SSSR count). The molecule has 2 fully saturated rings. The Labute approximate surface area is 122 Å². The maximum atomic E-state index is 12.6. The minimum Gasteiger partial charge on any atom is -0.399 e. The molecule has 0 heterocycles. The molecule has 3 nitrogen and oxygen atoms in total. The van der Waals surface area contributed by atoms with Crippen molar-refractivity contribution >= 4 is 34.8 Å². The zero-order valence-corrected chi connectivity index (χ0v) is 12.0. The van der Waals surface area contributed by atoms with Crippen molar-refractivity contribution < 1.29 is 4.79 Å². The lowest BCUT2D eigenvalue weighted by atomic mass is 10.1. The van der Waals surface area contributed by atoms with Crippen LogP contribution in [0.3, 0.4) is 0 Å². The minimum absolute atomic E-state index is 0.0337. The van der Waals surface area contributed by atoms with Crippen molar-refractivity contribution in [3.63, 3.8) is 0 Å². The molecule has 0 unspecified atom stereocenters. The number of nitrogens with zero attached hydrogens (tertiary/aromatic N) is 1. The van der Waals surface area contributed by atoms with Gasteiger partial charge in [-0.05, 0) is 43.7 Å². The fourth-order valence-electron chi connectivity index (χ4n) is 2.28. The second-order valence-electron chi connectivity index (χ2n) is 5.50. The number of hydrogen-bond acceptors (Lipinski definition) is 2. The summed E-state index contributed by atoms with van der Waals surface area (Å²) in [7, 11) is 0. The zero-order valence-electron chi connectivity index (χ0n) is 10.5. The smallest absolute Gasteiger partial charge is 0.255 e. The van der Waals surface area contributed by atoms with E-state index in [4.69, 9.17) is 28.9 Å². The van der Waals surface area contributed by atoms with Crippen LogP contribution < -0.4 is 5.73 Å². The van der Waals surface area contributed by atoms with Crippen molar-refractivity contribution in [3.05, 3.63) is 27.7 Å². The molecule has 2 N–H and O–H groups in total. The molecule has 1 aromatic rings. The molecule has 1 aromatic carbocycles. The van der Waals surface area contributed by atoms with Crippen LogP contribution in [0.15, 0.2) is 12.1 Å². The first kappa shape index (κ1) is 13.1. The van der Waals surface area contributed by atoms with Crippen LogP contribution in [0.25, 0.3) is 0 Å². The summed E-state index contributed by atoms with van der Waals surface area (Å²) in [6.45, 7) is 0.840. The first-order chi connectivity index (χ1) is 9.06. The Kier molecular flexibility index (Phi) is 3.35. The highest BCUT2D eigenvalue weighted by Crippen LogP contribution is 2.37. The van der Waals surface area contributed by atoms with Gasteiger partial charge in [-0.25, -0.2) is 0 Å². The van der Waals surface area contributed by atoms with E-state index in [9.17, 15) is 4.79 Å². The van der Waals surface area contributed by atoms with Crippen molar-refractivity contribution in [2.24, 2.45) is 5.92 Å². The van der Waals surface area contributed by atoms with Crippen molar-refractivity contribution in [2.45, 2.75) is 31.7 Å². The SMILES string of the molecule is Nc1cc(Cl)c(Cl)c(C(=O)N(CC2CC2)C2CC2)c1. The lowest BCUT2D eigenvalue weighted by Gasteiger charge is -2.23. The summed E-state index contributed by atoms with van der Waals surface area (Å²) in [6.07, 6.45) is 4.63. The molecule has 2 aliphatic rings. The molecule has 0 aliphatic heterocycles. The van der Waals surface area contributed by atoms with E-state index in [0.717, 1.165) is 19.4 Å². The number of benzene rings is 1. The Bertz CT molecular complexity index is 524. The van der Waals surface area contributed by atoms with Crippen LogP contribution in [-0.2, 0) is 0 Å². The van der Waals surface area contributed by atoms with Gasteiger partial charge in [0, 0.05) is 18.3 Å². The number of hydrogen-bond donors (Lipinski definition) is 1. The highest BCUT2D eigenvalue weighted by Gasteiger charge is 2.37. The van der Waals surface area contributed by atoms with Gasteiger partial charge in [0.05, 0.1) is 15.6 Å². The van der Waals surface area contributed by atoms with Crippen LogP contribution in [0.1, 0.15) is 36.0 Å². The number of rotatable bonds is 4. The maximum absolute atomic E-state index is 12.6. The molecule has 0 aromatic heterocycles. The molecule has 0 spiro atoms. The van der Waals surface area contributed by atoms with Crippen molar-refractivity contribution in [1.29, 1.82) is 0 Å². The van der Waals surface area contributed by atoms with Crippen LogP contribution in [-0.4, -0.2) is 23.4 Å². The summed E-state index contributed by atoms with van der Waals surface area (Å²) >= 11 is 12.1. The molecular weight excluding hydrogens is 283 g/mol. The van der Waals surface area contributed by atoms with Gasteiger partial charge in [0.15, 0.2) is 0 Å². The van der Waals surface area contributed by atoms with E-state index in [1.165, 1.54) is 12.8 Å². The molecule has 2 saturated carbocycles. The molecule has 1 amide bonds. The Hall–Kier alpha value is -0.930. The third kappa shape index (κ3) is 2.82. The standard InChI is InChI=1S/C14H16Cl2N2O/c15-12-6-9(17)5-11(13(12)16)14(19)18(10-3-4-10)7-8-1-2-8/h5-6,8,10H,1-4,7,17H2. The molecule has 0 bridgehead atoms. The lowest BCUT2D eigenvalue weighted by Crippen LogP contribution is -2.35. The quantitative estimate of drug-likeness (QED) is 0.864. The zero-order chi connectivity index (χ0) is 13.6. The molecule has 2 aliphatic carbocycles. The number of carbonyl (C=O) groups excluding carboxylic acids is 1. The van der Waals surface area contributed by atoms with Gasteiger partial charge in [-0.15, -0.1) is 0 Å². The van der Waals surface area contributed by atoms with Crippen LogP contribution in [0.2, 0.25) is 10.0 Å². The number of amides is 1. The monoisotopic (exact) mass is 298 g/mol. The fourth-order valence-corrected chi connectivity index (χ4v) is 2.70. The van der Waals surface area contributed by atoms with E-state index in [-0.39, 0.29) is 5.91 Å². The van der Waals surface area contributed by atoms with Gasteiger partial charge in [-0.2, -0.15) is 0 Å². The summed E-state index contributed by atoms with van der Waals surface area (Å²) in [5, 5.41) is 0.648. The highest BCUT2D eigenvalue weighted by molar-refractivity contribution is 6.44. The topological polar surface area (TPSA) is 46.3 Å². The Morgan fingerprint density at radius 2 is 1.95 bits per heavy atom. The van der Waals surface area contributed by atoms with Gasteiger partial charge in [0.25, 0.3) is 5.91 Å². The molecule has 0 atom stereocenters. The molecule has 5 heteroatoms. The van der Waals surface area contributed by atoms with E-state index in [1.54, 1.807) is 12.1 Å². The van der Waals surface area contributed by atoms with Crippen molar-refractivity contribution in [2.75, 3.05) is 12.3 Å². The van der Waals surface area contributed by atoms with Gasteiger partial charge >= 0.3 is 0 Å².